The van der Waals surface area contributed by atoms with Crippen LogP contribution in [0, 0.1) is 0 Å². The largest absolute Gasteiger partial charge is 0.504 e. The number of ether oxygens (including phenoxy) is 4. The van der Waals surface area contributed by atoms with E-state index >= 15 is 0 Å². The van der Waals surface area contributed by atoms with Crippen molar-refractivity contribution < 1.29 is 24.1 Å². The first kappa shape index (κ1) is 22.2. The lowest BCUT2D eigenvalue weighted by atomic mass is 9.95. The summed E-state index contributed by atoms with van der Waals surface area (Å²) in [4.78, 5) is 0. The number of hydrogen-bond donors (Lipinski definition) is 1. The summed E-state index contributed by atoms with van der Waals surface area (Å²) in [6.45, 7) is 4.19. The SMILES string of the molecule is CCCC=C(/C(C)=C/c1ccc(OC)c(O)c1)c1cc(OC)c(OC)c(OC)c1. The second-order valence-electron chi connectivity index (χ2n) is 6.58. The Morgan fingerprint density at radius 3 is 2.00 bits per heavy atom. The molecule has 29 heavy (non-hydrogen) atoms. The van der Waals surface area contributed by atoms with Crippen LogP contribution in [-0.2, 0) is 0 Å². The van der Waals surface area contributed by atoms with Crippen molar-refractivity contribution in [2.75, 3.05) is 28.4 Å². The molecule has 0 fully saturated rings. The molecule has 2 aromatic rings. The van der Waals surface area contributed by atoms with E-state index in [0.717, 1.165) is 35.1 Å². The average molecular weight is 398 g/mol. The Bertz CT molecular complexity index is 871. The van der Waals surface area contributed by atoms with E-state index in [-0.39, 0.29) is 5.75 Å². The molecule has 0 saturated carbocycles. The molecule has 1 N–H and O–H groups in total. The number of unbranched alkanes of at least 4 members (excludes halogenated alkanes) is 1. The van der Waals surface area contributed by atoms with Gasteiger partial charge in [0.15, 0.2) is 23.0 Å². The van der Waals surface area contributed by atoms with E-state index in [2.05, 4.69) is 13.0 Å². The Morgan fingerprint density at radius 1 is 0.897 bits per heavy atom. The zero-order chi connectivity index (χ0) is 21.4. The Hall–Kier alpha value is -3.08. The predicted molar refractivity (Wildman–Crippen MR) is 117 cm³/mol. The smallest absolute Gasteiger partial charge is 0.203 e. The summed E-state index contributed by atoms with van der Waals surface area (Å²) in [5.74, 6) is 2.35. The molecule has 0 radical (unpaired) electrons. The minimum atomic E-state index is 0.112. The number of aromatic hydroxyl groups is 1. The molecule has 5 heteroatoms. The normalized spacial score (nSPS) is 11.9. The summed E-state index contributed by atoms with van der Waals surface area (Å²) in [5, 5.41) is 10.1. The van der Waals surface area contributed by atoms with Crippen molar-refractivity contribution in [2.45, 2.75) is 26.7 Å². The first-order chi connectivity index (χ1) is 14.0. The van der Waals surface area contributed by atoms with Gasteiger partial charge in [0.2, 0.25) is 5.75 Å². The topological polar surface area (TPSA) is 57.2 Å². The van der Waals surface area contributed by atoms with Crippen LogP contribution in [0.2, 0.25) is 0 Å². The number of methoxy groups -OCH3 is 4. The van der Waals surface area contributed by atoms with Crippen LogP contribution >= 0.6 is 0 Å². The van der Waals surface area contributed by atoms with Crippen LogP contribution < -0.4 is 18.9 Å². The maximum atomic E-state index is 10.1. The molecule has 2 rings (SSSR count). The average Bonchev–Trinajstić information content (AvgIpc) is 2.73. The molecule has 0 aliphatic heterocycles. The van der Waals surface area contributed by atoms with Gasteiger partial charge in [0.05, 0.1) is 28.4 Å². The van der Waals surface area contributed by atoms with Crippen LogP contribution in [0.15, 0.2) is 42.0 Å². The standard InChI is InChI=1S/C24H30O5/c1-7-8-9-19(16(2)12-17-10-11-21(26-3)20(25)13-17)18-14-22(27-4)24(29-6)23(15-18)28-5/h9-15,25H,7-8H2,1-6H3/b16-12+,19-9?. The van der Waals surface area contributed by atoms with Crippen molar-refractivity contribution in [2.24, 2.45) is 0 Å². The first-order valence-corrected chi connectivity index (χ1v) is 9.55. The molecule has 0 bridgehead atoms. The molecule has 0 heterocycles. The highest BCUT2D eigenvalue weighted by Crippen LogP contribution is 2.41. The molecule has 0 aromatic heterocycles. The fraction of sp³-hybridized carbons (Fsp3) is 0.333. The molecule has 0 amide bonds. The third-order valence-corrected chi connectivity index (χ3v) is 4.62. The van der Waals surface area contributed by atoms with Gasteiger partial charge < -0.3 is 24.1 Å². The van der Waals surface area contributed by atoms with E-state index < -0.39 is 0 Å². The van der Waals surface area contributed by atoms with Crippen molar-refractivity contribution >= 4 is 11.6 Å². The molecule has 0 aliphatic rings. The second-order valence-corrected chi connectivity index (χ2v) is 6.58. The molecule has 5 nitrogen and oxygen atoms in total. The highest BCUT2D eigenvalue weighted by atomic mass is 16.5. The van der Waals surface area contributed by atoms with Gasteiger partial charge in [-0.3, -0.25) is 0 Å². The van der Waals surface area contributed by atoms with Crippen LogP contribution in [0.4, 0.5) is 0 Å². The summed E-state index contributed by atoms with van der Waals surface area (Å²) in [5.41, 5.74) is 3.98. The highest BCUT2D eigenvalue weighted by molar-refractivity contribution is 5.85. The molecule has 0 saturated heterocycles. The van der Waals surface area contributed by atoms with Crippen molar-refractivity contribution in [3.05, 3.63) is 53.1 Å². The Balaban J connectivity index is 2.55. The van der Waals surface area contributed by atoms with Crippen molar-refractivity contribution in [1.29, 1.82) is 0 Å². The third-order valence-electron chi connectivity index (χ3n) is 4.62. The van der Waals surface area contributed by atoms with Crippen LogP contribution in [0.25, 0.3) is 11.6 Å². The summed E-state index contributed by atoms with van der Waals surface area (Å²) in [6, 6.07) is 9.25. The summed E-state index contributed by atoms with van der Waals surface area (Å²) >= 11 is 0. The van der Waals surface area contributed by atoms with Crippen molar-refractivity contribution in [1.82, 2.24) is 0 Å². The van der Waals surface area contributed by atoms with E-state index in [4.69, 9.17) is 18.9 Å². The summed E-state index contributed by atoms with van der Waals surface area (Å²) in [6.07, 6.45) is 6.20. The van der Waals surface area contributed by atoms with Gasteiger partial charge in [-0.05, 0) is 59.9 Å². The minimum Gasteiger partial charge on any atom is -0.504 e. The zero-order valence-corrected chi connectivity index (χ0v) is 18.0. The third kappa shape index (κ3) is 5.25. The van der Waals surface area contributed by atoms with Crippen LogP contribution in [0.3, 0.4) is 0 Å². The molecular formula is C24H30O5. The fourth-order valence-electron chi connectivity index (χ4n) is 3.16. The monoisotopic (exact) mass is 398 g/mol. The molecule has 0 atom stereocenters. The zero-order valence-electron chi connectivity index (χ0n) is 18.0. The van der Waals surface area contributed by atoms with Gasteiger partial charge in [0.1, 0.15) is 0 Å². The summed E-state index contributed by atoms with van der Waals surface area (Å²) in [7, 11) is 6.35. The minimum absolute atomic E-state index is 0.112. The highest BCUT2D eigenvalue weighted by Gasteiger charge is 2.16. The first-order valence-electron chi connectivity index (χ1n) is 9.55. The van der Waals surface area contributed by atoms with E-state index in [1.165, 1.54) is 7.11 Å². The van der Waals surface area contributed by atoms with Crippen molar-refractivity contribution in [3.8, 4) is 28.7 Å². The Morgan fingerprint density at radius 2 is 1.52 bits per heavy atom. The molecule has 156 valence electrons. The maximum absolute atomic E-state index is 10.1. The van der Waals surface area contributed by atoms with Crippen LogP contribution in [0.5, 0.6) is 28.7 Å². The van der Waals surface area contributed by atoms with E-state index in [1.807, 2.05) is 31.2 Å². The van der Waals surface area contributed by atoms with Gasteiger partial charge in [-0.1, -0.05) is 31.6 Å². The van der Waals surface area contributed by atoms with Crippen molar-refractivity contribution in [3.63, 3.8) is 0 Å². The predicted octanol–water partition coefficient (Wildman–Crippen LogP) is 5.71. The van der Waals surface area contributed by atoms with Crippen LogP contribution in [0.1, 0.15) is 37.8 Å². The lowest BCUT2D eigenvalue weighted by Gasteiger charge is -2.16. The van der Waals surface area contributed by atoms with E-state index in [1.54, 1.807) is 33.5 Å². The molecule has 0 aliphatic carbocycles. The maximum Gasteiger partial charge on any atom is 0.203 e. The van der Waals surface area contributed by atoms with Gasteiger partial charge in [-0.25, -0.2) is 0 Å². The quantitative estimate of drug-likeness (QED) is 0.548. The molecule has 0 spiro atoms. The van der Waals surface area contributed by atoms with Gasteiger partial charge in [-0.2, -0.15) is 0 Å². The number of phenols is 1. The van der Waals surface area contributed by atoms with E-state index in [9.17, 15) is 5.11 Å². The fourth-order valence-corrected chi connectivity index (χ4v) is 3.16. The van der Waals surface area contributed by atoms with Gasteiger partial charge in [0, 0.05) is 0 Å². The van der Waals surface area contributed by atoms with Gasteiger partial charge in [0.25, 0.3) is 0 Å². The number of benzene rings is 2. The number of hydrogen-bond acceptors (Lipinski definition) is 5. The number of allylic oxidation sites excluding steroid dienone is 3. The molecule has 0 unspecified atom stereocenters. The Labute approximate surface area is 173 Å². The second kappa shape index (κ2) is 10.5. The lowest BCUT2D eigenvalue weighted by molar-refractivity contribution is 0.324. The van der Waals surface area contributed by atoms with Gasteiger partial charge in [-0.15, -0.1) is 0 Å². The van der Waals surface area contributed by atoms with Crippen LogP contribution in [-0.4, -0.2) is 33.5 Å². The number of phenolic OH excluding ortho intramolecular Hbond substituents is 1. The number of rotatable bonds is 9. The van der Waals surface area contributed by atoms with E-state index in [0.29, 0.717) is 23.0 Å². The lowest BCUT2D eigenvalue weighted by Crippen LogP contribution is -1.98. The Kier molecular flexibility index (Phi) is 8.01. The summed E-state index contributed by atoms with van der Waals surface area (Å²) < 4.78 is 21.6. The molecule has 2 aromatic carbocycles. The van der Waals surface area contributed by atoms with Gasteiger partial charge >= 0.3 is 0 Å². The molecular weight excluding hydrogens is 368 g/mol.